The Morgan fingerprint density at radius 2 is 0.701 bits per heavy atom. The summed E-state index contributed by atoms with van der Waals surface area (Å²) in [5.74, 6) is -0.0301. The molecule has 0 saturated heterocycles. The molecule has 0 saturated carbocycles. The van der Waals surface area contributed by atoms with Gasteiger partial charge in [-0.3, -0.25) is 9.59 Å². The lowest BCUT2D eigenvalue weighted by Gasteiger charge is -2.22. The molecule has 0 aliphatic carbocycles. The summed E-state index contributed by atoms with van der Waals surface area (Å²) in [6.07, 6.45) is 69.1. The van der Waals surface area contributed by atoms with Crippen LogP contribution >= 0.6 is 0 Å². The van der Waals surface area contributed by atoms with Crippen molar-refractivity contribution < 1.29 is 24.5 Å². The molecule has 1 amide bonds. The fourth-order valence-electron chi connectivity index (χ4n) is 9.34. The first kappa shape index (κ1) is 65.3. The fraction of sp³-hybridized carbons (Fsp3) is 0.902. The molecule has 6 nitrogen and oxygen atoms in total. The van der Waals surface area contributed by atoms with Crippen LogP contribution in [-0.4, -0.2) is 47.4 Å². The third-order valence-corrected chi connectivity index (χ3v) is 14.0. The van der Waals surface area contributed by atoms with Gasteiger partial charge in [-0.2, -0.15) is 0 Å². The Morgan fingerprint density at radius 1 is 0.403 bits per heavy atom. The largest absolute Gasteiger partial charge is 0.466 e. The highest BCUT2D eigenvalue weighted by Gasteiger charge is 2.20. The van der Waals surface area contributed by atoms with Gasteiger partial charge in [0.15, 0.2) is 0 Å². The van der Waals surface area contributed by atoms with Crippen LogP contribution in [0, 0.1) is 0 Å². The minimum absolute atomic E-state index is 0.00651. The monoisotopic (exact) mass is 944 g/mol. The average molecular weight is 945 g/mol. The number of rotatable bonds is 56. The van der Waals surface area contributed by atoms with Gasteiger partial charge in [0.25, 0.3) is 0 Å². The maximum absolute atomic E-state index is 12.4. The van der Waals surface area contributed by atoms with Gasteiger partial charge in [0.05, 0.1) is 25.4 Å². The molecule has 396 valence electrons. The number of ether oxygens (including phenoxy) is 1. The summed E-state index contributed by atoms with van der Waals surface area (Å²) in [6, 6.07) is -0.539. The number of hydrogen-bond donors (Lipinski definition) is 3. The molecule has 0 radical (unpaired) electrons. The van der Waals surface area contributed by atoms with Gasteiger partial charge in [0, 0.05) is 12.8 Å². The van der Waals surface area contributed by atoms with E-state index in [-0.39, 0.29) is 18.5 Å². The zero-order valence-electron chi connectivity index (χ0n) is 45.1. The van der Waals surface area contributed by atoms with Gasteiger partial charge in [-0.15, -0.1) is 0 Å². The highest BCUT2D eigenvalue weighted by Crippen LogP contribution is 2.17. The van der Waals surface area contributed by atoms with E-state index in [4.69, 9.17) is 4.74 Å². The summed E-state index contributed by atoms with van der Waals surface area (Å²) in [5.41, 5.74) is 0. The lowest BCUT2D eigenvalue weighted by Crippen LogP contribution is -2.45. The molecule has 2 atom stereocenters. The Kier molecular flexibility index (Phi) is 55.5. The quantitative estimate of drug-likeness (QED) is 0.0321. The number of aliphatic hydroxyl groups excluding tert-OH is 2. The van der Waals surface area contributed by atoms with E-state index in [1.807, 2.05) is 0 Å². The smallest absolute Gasteiger partial charge is 0.305 e. The Hall–Kier alpha value is -1.66. The zero-order valence-corrected chi connectivity index (χ0v) is 45.1. The lowest BCUT2D eigenvalue weighted by atomic mass is 10.0. The molecular weight excluding hydrogens is 827 g/mol. The lowest BCUT2D eigenvalue weighted by molar-refractivity contribution is -0.143. The first-order valence-electron chi connectivity index (χ1n) is 30.1. The number of esters is 1. The number of carbonyl (C=O) groups is 2. The number of hydrogen-bond acceptors (Lipinski definition) is 5. The number of carbonyl (C=O) groups excluding carboxylic acids is 2. The number of amides is 1. The molecule has 2 unspecified atom stereocenters. The van der Waals surface area contributed by atoms with Crippen molar-refractivity contribution in [2.75, 3.05) is 13.2 Å². The molecule has 0 aliphatic rings. The van der Waals surface area contributed by atoms with Gasteiger partial charge in [-0.05, 0) is 77.0 Å². The standard InChI is InChI=1S/C61H117NO5/c1-3-5-7-9-11-13-14-31-35-39-43-47-51-55-61(66)67-56-52-48-44-40-36-33-30-28-26-24-22-20-18-16-15-17-19-21-23-25-27-29-32-34-38-42-46-50-54-60(65)62-58(57-63)59(64)53-49-45-41-37-12-10-8-6-4-2/h13-16,58-59,63-64H,3-12,17-57H2,1-2H3,(H,62,65)/b14-13-,16-15-. The molecule has 0 rings (SSSR count). The highest BCUT2D eigenvalue weighted by molar-refractivity contribution is 5.76. The number of nitrogens with one attached hydrogen (secondary N) is 1. The van der Waals surface area contributed by atoms with Gasteiger partial charge in [0.1, 0.15) is 0 Å². The average Bonchev–Trinajstić information content (AvgIpc) is 3.33. The van der Waals surface area contributed by atoms with Crippen LogP contribution < -0.4 is 5.32 Å². The summed E-state index contributed by atoms with van der Waals surface area (Å²) in [6.45, 7) is 4.92. The van der Waals surface area contributed by atoms with Crippen molar-refractivity contribution in [2.24, 2.45) is 0 Å². The molecule has 0 aromatic heterocycles. The maximum Gasteiger partial charge on any atom is 0.305 e. The zero-order chi connectivity index (χ0) is 48.6. The molecule has 0 fully saturated rings. The molecule has 0 bridgehead atoms. The van der Waals surface area contributed by atoms with Gasteiger partial charge in [-0.25, -0.2) is 0 Å². The molecule has 0 heterocycles. The van der Waals surface area contributed by atoms with Crippen LogP contribution in [0.1, 0.15) is 328 Å². The molecule has 0 aromatic carbocycles. The third kappa shape index (κ3) is 53.5. The van der Waals surface area contributed by atoms with E-state index >= 15 is 0 Å². The maximum atomic E-state index is 12.4. The second kappa shape index (κ2) is 56.9. The second-order valence-corrected chi connectivity index (χ2v) is 20.7. The van der Waals surface area contributed by atoms with Crippen molar-refractivity contribution in [1.29, 1.82) is 0 Å². The van der Waals surface area contributed by atoms with E-state index in [2.05, 4.69) is 43.5 Å². The van der Waals surface area contributed by atoms with Crippen LogP contribution in [0.4, 0.5) is 0 Å². The molecule has 0 aliphatic heterocycles. The predicted molar refractivity (Wildman–Crippen MR) is 292 cm³/mol. The Balaban J connectivity index is 3.35. The highest BCUT2D eigenvalue weighted by atomic mass is 16.5. The molecule has 0 aromatic rings. The number of aliphatic hydroxyl groups is 2. The molecule has 3 N–H and O–H groups in total. The normalized spacial score (nSPS) is 12.7. The molecule has 67 heavy (non-hydrogen) atoms. The van der Waals surface area contributed by atoms with Gasteiger partial charge < -0.3 is 20.3 Å². The van der Waals surface area contributed by atoms with Crippen molar-refractivity contribution in [3.8, 4) is 0 Å². The summed E-state index contributed by atoms with van der Waals surface area (Å²) in [5, 5.41) is 23.1. The number of unbranched alkanes of at least 4 members (excludes halogenated alkanes) is 41. The van der Waals surface area contributed by atoms with E-state index in [0.717, 1.165) is 44.9 Å². The van der Waals surface area contributed by atoms with E-state index in [1.54, 1.807) is 0 Å². The van der Waals surface area contributed by atoms with E-state index in [0.29, 0.717) is 25.9 Å². The summed E-state index contributed by atoms with van der Waals surface area (Å²) >= 11 is 0. The van der Waals surface area contributed by atoms with Crippen LogP contribution in [0.5, 0.6) is 0 Å². The van der Waals surface area contributed by atoms with Crippen LogP contribution in [0.2, 0.25) is 0 Å². The summed E-state index contributed by atoms with van der Waals surface area (Å²) in [4.78, 5) is 24.4. The summed E-state index contributed by atoms with van der Waals surface area (Å²) < 4.78 is 5.47. The first-order chi connectivity index (χ1) is 33.0. The van der Waals surface area contributed by atoms with E-state index < -0.39 is 12.1 Å². The SMILES string of the molecule is CCCCCC/C=C\CCCCCCCC(=O)OCCCCCCCCCCCCCC/C=C\CCCCCCCCCCCCCCC(=O)NC(CO)C(O)CCCCCCCCCCC. The topological polar surface area (TPSA) is 95.9 Å². The molecule has 0 spiro atoms. The van der Waals surface area contributed by atoms with Crippen molar-refractivity contribution in [1.82, 2.24) is 5.32 Å². The van der Waals surface area contributed by atoms with Crippen LogP contribution in [0.15, 0.2) is 24.3 Å². The molecular formula is C61H117NO5. The van der Waals surface area contributed by atoms with Crippen molar-refractivity contribution in [2.45, 2.75) is 341 Å². The Labute approximate surface area is 418 Å². The number of allylic oxidation sites excluding steroid dienone is 4. The van der Waals surface area contributed by atoms with Crippen LogP contribution in [-0.2, 0) is 14.3 Å². The van der Waals surface area contributed by atoms with Gasteiger partial charge in [-0.1, -0.05) is 263 Å². The second-order valence-electron chi connectivity index (χ2n) is 20.7. The predicted octanol–water partition coefficient (Wildman–Crippen LogP) is 18.6. The van der Waals surface area contributed by atoms with E-state index in [9.17, 15) is 19.8 Å². The minimum Gasteiger partial charge on any atom is -0.466 e. The van der Waals surface area contributed by atoms with Gasteiger partial charge in [0.2, 0.25) is 5.91 Å². The first-order valence-corrected chi connectivity index (χ1v) is 30.1. The molecule has 6 heteroatoms. The van der Waals surface area contributed by atoms with E-state index in [1.165, 1.54) is 250 Å². The van der Waals surface area contributed by atoms with Crippen molar-refractivity contribution >= 4 is 11.9 Å². The van der Waals surface area contributed by atoms with Crippen molar-refractivity contribution in [3.63, 3.8) is 0 Å². The Morgan fingerprint density at radius 3 is 1.07 bits per heavy atom. The van der Waals surface area contributed by atoms with Gasteiger partial charge >= 0.3 is 5.97 Å². The minimum atomic E-state index is -0.661. The Bertz CT molecular complexity index is 1040. The van der Waals surface area contributed by atoms with Crippen molar-refractivity contribution in [3.05, 3.63) is 24.3 Å². The summed E-state index contributed by atoms with van der Waals surface area (Å²) in [7, 11) is 0. The van der Waals surface area contributed by atoms with Crippen LogP contribution in [0.3, 0.4) is 0 Å². The van der Waals surface area contributed by atoms with Crippen LogP contribution in [0.25, 0.3) is 0 Å². The third-order valence-electron chi connectivity index (χ3n) is 14.0. The fourth-order valence-corrected chi connectivity index (χ4v) is 9.34.